The molecule has 2 amide bonds. The van der Waals surface area contributed by atoms with Crippen LogP contribution in [0.3, 0.4) is 0 Å². The lowest BCUT2D eigenvalue weighted by atomic mass is 10.1. The van der Waals surface area contributed by atoms with Crippen LogP contribution in [-0.2, 0) is 16.0 Å². The van der Waals surface area contributed by atoms with Gasteiger partial charge < -0.3 is 15.4 Å². The molecule has 1 rings (SSSR count). The summed E-state index contributed by atoms with van der Waals surface area (Å²) in [5.74, 6) is -0.289. The van der Waals surface area contributed by atoms with Gasteiger partial charge in [0.15, 0.2) is 0 Å². The summed E-state index contributed by atoms with van der Waals surface area (Å²) in [6, 6.07) is 5.21. The molecule has 0 saturated carbocycles. The average molecular weight is 319 g/mol. The second kappa shape index (κ2) is 8.66. The highest BCUT2D eigenvalue weighted by Crippen LogP contribution is 2.20. The van der Waals surface area contributed by atoms with E-state index in [2.05, 4.69) is 15.4 Å². The number of amides is 2. The minimum Gasteiger partial charge on any atom is -0.450 e. The van der Waals surface area contributed by atoms with Gasteiger partial charge in [-0.3, -0.25) is 4.79 Å². The van der Waals surface area contributed by atoms with E-state index in [-0.39, 0.29) is 19.1 Å². The fourth-order valence-electron chi connectivity index (χ4n) is 1.46. The Balaban J connectivity index is 2.26. The van der Waals surface area contributed by atoms with Crippen LogP contribution in [0.25, 0.3) is 0 Å². The lowest BCUT2D eigenvalue weighted by Crippen LogP contribution is -2.37. The van der Waals surface area contributed by atoms with Gasteiger partial charge in [-0.2, -0.15) is 0 Å². The Morgan fingerprint density at radius 1 is 1.25 bits per heavy atom. The largest absolute Gasteiger partial charge is 0.450 e. The predicted molar refractivity (Wildman–Crippen MR) is 78.2 cm³/mol. The van der Waals surface area contributed by atoms with E-state index in [1.807, 2.05) is 6.07 Å². The quantitative estimate of drug-likeness (QED) is 0.846. The van der Waals surface area contributed by atoms with Gasteiger partial charge in [-0.15, -0.1) is 0 Å². The van der Waals surface area contributed by atoms with Crippen molar-refractivity contribution in [3.63, 3.8) is 0 Å². The average Bonchev–Trinajstić information content (AvgIpc) is 2.39. The van der Waals surface area contributed by atoms with Gasteiger partial charge in [0.25, 0.3) is 0 Å². The highest BCUT2D eigenvalue weighted by atomic mass is 35.5. The molecule has 0 radical (unpaired) electrons. The molecule has 2 N–H and O–H groups in total. The summed E-state index contributed by atoms with van der Waals surface area (Å²) in [4.78, 5) is 22.4. The van der Waals surface area contributed by atoms with Gasteiger partial charge in [-0.05, 0) is 31.0 Å². The van der Waals surface area contributed by atoms with Crippen molar-refractivity contribution in [3.8, 4) is 0 Å². The van der Waals surface area contributed by atoms with E-state index in [9.17, 15) is 9.59 Å². The van der Waals surface area contributed by atoms with Crippen molar-refractivity contribution >= 4 is 35.2 Å². The van der Waals surface area contributed by atoms with Crippen molar-refractivity contribution in [1.82, 2.24) is 10.6 Å². The number of halogens is 2. The van der Waals surface area contributed by atoms with Crippen molar-refractivity contribution in [2.24, 2.45) is 0 Å². The number of hydrogen-bond acceptors (Lipinski definition) is 3. The maximum Gasteiger partial charge on any atom is 0.407 e. The SMILES string of the molecule is CCOC(=O)NCC(=O)NCCc1ccc(Cl)cc1Cl. The van der Waals surface area contributed by atoms with Gasteiger partial charge >= 0.3 is 6.09 Å². The van der Waals surface area contributed by atoms with E-state index in [0.29, 0.717) is 23.0 Å². The number of carbonyl (C=O) groups excluding carboxylic acids is 2. The summed E-state index contributed by atoms with van der Waals surface area (Å²) in [7, 11) is 0. The molecule has 20 heavy (non-hydrogen) atoms. The molecule has 0 bridgehead atoms. The molecule has 0 aliphatic carbocycles. The third-order valence-electron chi connectivity index (χ3n) is 2.40. The van der Waals surface area contributed by atoms with Gasteiger partial charge in [0.05, 0.1) is 13.2 Å². The van der Waals surface area contributed by atoms with Crippen LogP contribution in [0.4, 0.5) is 4.79 Å². The minimum atomic E-state index is -0.608. The number of carbonyl (C=O) groups is 2. The number of hydrogen-bond donors (Lipinski definition) is 2. The monoisotopic (exact) mass is 318 g/mol. The highest BCUT2D eigenvalue weighted by Gasteiger charge is 2.06. The first-order chi connectivity index (χ1) is 9.52. The maximum absolute atomic E-state index is 11.4. The molecule has 7 heteroatoms. The Morgan fingerprint density at radius 3 is 2.65 bits per heavy atom. The molecule has 1 aromatic rings. The van der Waals surface area contributed by atoms with Gasteiger partial charge in [-0.1, -0.05) is 29.3 Å². The molecule has 5 nitrogen and oxygen atoms in total. The lowest BCUT2D eigenvalue weighted by Gasteiger charge is -2.08. The smallest absolute Gasteiger partial charge is 0.407 e. The molecule has 0 saturated heterocycles. The summed E-state index contributed by atoms with van der Waals surface area (Å²) in [5.41, 5.74) is 0.898. The molecule has 0 heterocycles. The second-order valence-electron chi connectivity index (χ2n) is 3.91. The van der Waals surface area contributed by atoms with Gasteiger partial charge in [0.1, 0.15) is 0 Å². The summed E-state index contributed by atoms with van der Waals surface area (Å²) in [5, 5.41) is 6.14. The van der Waals surface area contributed by atoms with Gasteiger partial charge in [0, 0.05) is 16.6 Å². The van der Waals surface area contributed by atoms with E-state index in [1.165, 1.54) is 0 Å². The van der Waals surface area contributed by atoms with Crippen LogP contribution in [-0.4, -0.2) is 31.7 Å². The second-order valence-corrected chi connectivity index (χ2v) is 4.75. The van der Waals surface area contributed by atoms with E-state index in [4.69, 9.17) is 23.2 Å². The fourth-order valence-corrected chi connectivity index (χ4v) is 1.96. The highest BCUT2D eigenvalue weighted by molar-refractivity contribution is 6.35. The minimum absolute atomic E-state index is 0.118. The molecule has 0 aliphatic rings. The van der Waals surface area contributed by atoms with Crippen LogP contribution < -0.4 is 10.6 Å². The van der Waals surface area contributed by atoms with E-state index < -0.39 is 6.09 Å². The van der Waals surface area contributed by atoms with Crippen molar-refractivity contribution in [2.75, 3.05) is 19.7 Å². The van der Waals surface area contributed by atoms with Crippen LogP contribution in [0.2, 0.25) is 10.0 Å². The fraction of sp³-hybridized carbons (Fsp3) is 0.385. The molecule has 1 aromatic carbocycles. The van der Waals surface area contributed by atoms with E-state index in [1.54, 1.807) is 19.1 Å². The van der Waals surface area contributed by atoms with Gasteiger partial charge in [0.2, 0.25) is 5.91 Å². The van der Waals surface area contributed by atoms with Crippen LogP contribution in [0.5, 0.6) is 0 Å². The zero-order chi connectivity index (χ0) is 15.0. The number of ether oxygens (including phenoxy) is 1. The Hall–Kier alpha value is -1.46. The Morgan fingerprint density at radius 2 is 2.00 bits per heavy atom. The molecule has 0 atom stereocenters. The predicted octanol–water partition coefficient (Wildman–Crippen LogP) is 2.40. The van der Waals surface area contributed by atoms with Crippen LogP contribution >= 0.6 is 23.2 Å². The van der Waals surface area contributed by atoms with Crippen LogP contribution in [0.1, 0.15) is 12.5 Å². The molecule has 0 fully saturated rings. The third-order valence-corrected chi connectivity index (χ3v) is 2.99. The Bertz CT molecular complexity index is 481. The summed E-state index contributed by atoms with van der Waals surface area (Å²) >= 11 is 11.8. The molecule has 0 unspecified atom stereocenters. The van der Waals surface area contributed by atoms with Crippen LogP contribution in [0, 0.1) is 0 Å². The van der Waals surface area contributed by atoms with E-state index in [0.717, 1.165) is 5.56 Å². The summed E-state index contributed by atoms with van der Waals surface area (Å²) in [6.45, 7) is 2.26. The summed E-state index contributed by atoms with van der Waals surface area (Å²) in [6.07, 6.45) is -0.0235. The molecule has 110 valence electrons. The first-order valence-corrected chi connectivity index (χ1v) is 6.89. The zero-order valence-electron chi connectivity index (χ0n) is 11.0. The molecule has 0 spiro atoms. The Kier molecular flexibility index (Phi) is 7.18. The van der Waals surface area contributed by atoms with Gasteiger partial charge in [-0.25, -0.2) is 4.79 Å². The number of rotatable bonds is 6. The summed E-state index contributed by atoms with van der Waals surface area (Å²) < 4.78 is 4.63. The third kappa shape index (κ3) is 6.12. The maximum atomic E-state index is 11.4. The van der Waals surface area contributed by atoms with Crippen molar-refractivity contribution in [2.45, 2.75) is 13.3 Å². The van der Waals surface area contributed by atoms with Crippen molar-refractivity contribution < 1.29 is 14.3 Å². The first-order valence-electron chi connectivity index (χ1n) is 6.14. The van der Waals surface area contributed by atoms with Crippen molar-refractivity contribution in [3.05, 3.63) is 33.8 Å². The normalized spacial score (nSPS) is 9.95. The first kappa shape index (κ1) is 16.6. The molecule has 0 aliphatic heterocycles. The molecule has 0 aromatic heterocycles. The number of benzene rings is 1. The van der Waals surface area contributed by atoms with E-state index >= 15 is 0 Å². The standard InChI is InChI=1S/C13H16Cl2N2O3/c1-2-20-13(19)17-8-12(18)16-6-5-9-3-4-10(14)7-11(9)15/h3-4,7H,2,5-6,8H2,1H3,(H,16,18)(H,17,19). The Labute approximate surface area is 127 Å². The zero-order valence-corrected chi connectivity index (χ0v) is 12.6. The van der Waals surface area contributed by atoms with Crippen LogP contribution in [0.15, 0.2) is 18.2 Å². The topological polar surface area (TPSA) is 67.4 Å². The lowest BCUT2D eigenvalue weighted by molar-refractivity contribution is -0.120. The number of alkyl carbamates (subject to hydrolysis) is 1. The number of nitrogens with one attached hydrogen (secondary N) is 2. The molecular formula is C13H16Cl2N2O3. The van der Waals surface area contributed by atoms with Crippen molar-refractivity contribution in [1.29, 1.82) is 0 Å². The molecular weight excluding hydrogens is 303 g/mol.